The number of ketones is 1. The normalized spacial score (nSPS) is 9.96. The Hall–Kier alpha value is -2.82. The second kappa shape index (κ2) is 8.58. The van der Waals surface area contributed by atoms with Crippen LogP contribution in [0, 0.1) is 0 Å². The molecule has 0 aliphatic heterocycles. The number of Topliss-reactive ketones (excluding diaryl/α,β-unsaturated/α-hetero) is 1. The molecule has 5 heteroatoms. The predicted molar refractivity (Wildman–Crippen MR) is 84.8 cm³/mol. The lowest BCUT2D eigenvalue weighted by atomic mass is 10.1. The average molecular weight is 314 g/mol. The first-order valence-electron chi connectivity index (χ1n) is 7.22. The van der Waals surface area contributed by atoms with Gasteiger partial charge in [0.15, 0.2) is 12.4 Å². The first-order chi connectivity index (χ1) is 11.1. The van der Waals surface area contributed by atoms with E-state index in [9.17, 15) is 9.59 Å². The molecule has 2 aromatic rings. The molecule has 0 bridgehead atoms. The minimum atomic E-state index is -0.491. The third-order valence-electron chi connectivity index (χ3n) is 2.96. The number of hydrogen-bond acceptors (Lipinski definition) is 5. The lowest BCUT2D eigenvalue weighted by Gasteiger charge is -2.09. The van der Waals surface area contributed by atoms with Gasteiger partial charge >= 0.3 is 5.97 Å². The highest BCUT2D eigenvalue weighted by molar-refractivity contribution is 5.94. The molecule has 0 atom stereocenters. The van der Waals surface area contributed by atoms with Gasteiger partial charge in [-0.1, -0.05) is 30.3 Å². The SMILES string of the molecule is CC(=O)c1cccc(OCC(=O)OCCOc2ccccc2)c1. The van der Waals surface area contributed by atoms with E-state index >= 15 is 0 Å². The molecule has 0 saturated carbocycles. The summed E-state index contributed by atoms with van der Waals surface area (Å²) in [6.45, 7) is 1.67. The summed E-state index contributed by atoms with van der Waals surface area (Å²) in [4.78, 5) is 22.8. The molecule has 0 aromatic heterocycles. The van der Waals surface area contributed by atoms with Crippen molar-refractivity contribution in [2.75, 3.05) is 19.8 Å². The minimum absolute atomic E-state index is 0.0592. The molecule has 2 rings (SSSR count). The van der Waals surface area contributed by atoms with E-state index in [4.69, 9.17) is 14.2 Å². The molecule has 0 saturated heterocycles. The maximum atomic E-state index is 11.6. The first kappa shape index (κ1) is 16.5. The van der Waals surface area contributed by atoms with Crippen molar-refractivity contribution in [3.63, 3.8) is 0 Å². The summed E-state index contributed by atoms with van der Waals surface area (Å²) >= 11 is 0. The van der Waals surface area contributed by atoms with Crippen LogP contribution in [0.3, 0.4) is 0 Å². The lowest BCUT2D eigenvalue weighted by molar-refractivity contribution is -0.146. The van der Waals surface area contributed by atoms with Gasteiger partial charge in [0.2, 0.25) is 0 Å². The first-order valence-corrected chi connectivity index (χ1v) is 7.22. The molecular weight excluding hydrogens is 296 g/mol. The van der Waals surface area contributed by atoms with Crippen molar-refractivity contribution in [1.82, 2.24) is 0 Å². The summed E-state index contributed by atoms with van der Waals surface area (Å²) < 4.78 is 15.7. The van der Waals surface area contributed by atoms with E-state index in [0.717, 1.165) is 5.75 Å². The van der Waals surface area contributed by atoms with Crippen LogP contribution in [0.5, 0.6) is 11.5 Å². The van der Waals surface area contributed by atoms with Crippen molar-refractivity contribution in [3.8, 4) is 11.5 Å². The van der Waals surface area contributed by atoms with E-state index in [1.54, 1.807) is 24.3 Å². The number of esters is 1. The fraction of sp³-hybridized carbons (Fsp3) is 0.222. The van der Waals surface area contributed by atoms with Crippen LogP contribution in [0.15, 0.2) is 54.6 Å². The van der Waals surface area contributed by atoms with Crippen molar-refractivity contribution >= 4 is 11.8 Å². The molecule has 0 radical (unpaired) electrons. The van der Waals surface area contributed by atoms with Gasteiger partial charge in [-0.25, -0.2) is 4.79 Å². The Kier molecular flexibility index (Phi) is 6.17. The molecule has 0 amide bonds. The van der Waals surface area contributed by atoms with Crippen LogP contribution in [0.4, 0.5) is 0 Å². The Morgan fingerprint density at radius 1 is 0.870 bits per heavy atom. The number of ether oxygens (including phenoxy) is 3. The van der Waals surface area contributed by atoms with E-state index in [2.05, 4.69) is 0 Å². The quantitative estimate of drug-likeness (QED) is 0.426. The van der Waals surface area contributed by atoms with E-state index in [1.165, 1.54) is 6.92 Å². The number of carbonyl (C=O) groups excluding carboxylic acids is 2. The maximum absolute atomic E-state index is 11.6. The second-order valence-corrected chi connectivity index (χ2v) is 4.75. The number of benzene rings is 2. The van der Waals surface area contributed by atoms with Crippen LogP contribution >= 0.6 is 0 Å². The zero-order valence-electron chi connectivity index (χ0n) is 12.9. The molecule has 0 heterocycles. The molecule has 2 aromatic carbocycles. The number of hydrogen-bond donors (Lipinski definition) is 0. The Labute approximate surface area is 134 Å². The fourth-order valence-electron chi connectivity index (χ4n) is 1.82. The van der Waals surface area contributed by atoms with Gasteiger partial charge in [0.25, 0.3) is 0 Å². The van der Waals surface area contributed by atoms with E-state index in [1.807, 2.05) is 30.3 Å². The van der Waals surface area contributed by atoms with Crippen molar-refractivity contribution in [1.29, 1.82) is 0 Å². The van der Waals surface area contributed by atoms with Gasteiger partial charge in [0.05, 0.1) is 0 Å². The van der Waals surface area contributed by atoms with Gasteiger partial charge in [-0.05, 0) is 31.2 Å². The van der Waals surface area contributed by atoms with Gasteiger partial charge in [-0.2, -0.15) is 0 Å². The highest BCUT2D eigenvalue weighted by atomic mass is 16.6. The van der Waals surface area contributed by atoms with Gasteiger partial charge in [0.1, 0.15) is 24.7 Å². The molecule has 0 aliphatic rings. The smallest absolute Gasteiger partial charge is 0.344 e. The highest BCUT2D eigenvalue weighted by Crippen LogP contribution is 2.13. The third kappa shape index (κ3) is 5.82. The topological polar surface area (TPSA) is 61.8 Å². The van der Waals surface area contributed by atoms with Crippen molar-refractivity contribution in [2.24, 2.45) is 0 Å². The molecule has 120 valence electrons. The predicted octanol–water partition coefficient (Wildman–Crippen LogP) is 2.89. The highest BCUT2D eigenvalue weighted by Gasteiger charge is 2.06. The van der Waals surface area contributed by atoms with E-state index in [0.29, 0.717) is 11.3 Å². The summed E-state index contributed by atoms with van der Waals surface area (Å²) in [6.07, 6.45) is 0. The van der Waals surface area contributed by atoms with Gasteiger partial charge in [-0.3, -0.25) is 4.79 Å². The Balaban J connectivity index is 1.67. The summed E-state index contributed by atoms with van der Waals surface area (Å²) in [5, 5.41) is 0. The van der Waals surface area contributed by atoms with E-state index in [-0.39, 0.29) is 25.6 Å². The molecule has 0 aliphatic carbocycles. The minimum Gasteiger partial charge on any atom is -0.490 e. The summed E-state index contributed by atoms with van der Waals surface area (Å²) in [5.74, 6) is 0.627. The molecule has 0 N–H and O–H groups in total. The monoisotopic (exact) mass is 314 g/mol. The van der Waals surface area contributed by atoms with Crippen molar-refractivity contribution in [2.45, 2.75) is 6.92 Å². The van der Waals surface area contributed by atoms with Gasteiger partial charge in [-0.15, -0.1) is 0 Å². The Morgan fingerprint density at radius 3 is 2.35 bits per heavy atom. The van der Waals surface area contributed by atoms with Gasteiger partial charge in [0, 0.05) is 5.56 Å². The van der Waals surface area contributed by atoms with Crippen LogP contribution < -0.4 is 9.47 Å². The summed E-state index contributed by atoms with van der Waals surface area (Å²) in [5.41, 5.74) is 0.534. The summed E-state index contributed by atoms with van der Waals surface area (Å²) in [7, 11) is 0. The fourth-order valence-corrected chi connectivity index (χ4v) is 1.82. The zero-order chi connectivity index (χ0) is 16.5. The number of carbonyl (C=O) groups is 2. The second-order valence-electron chi connectivity index (χ2n) is 4.75. The zero-order valence-corrected chi connectivity index (χ0v) is 12.9. The maximum Gasteiger partial charge on any atom is 0.344 e. The Morgan fingerprint density at radius 2 is 1.61 bits per heavy atom. The molecule has 0 unspecified atom stereocenters. The van der Waals surface area contributed by atoms with Crippen LogP contribution in [0.2, 0.25) is 0 Å². The van der Waals surface area contributed by atoms with Gasteiger partial charge < -0.3 is 14.2 Å². The molecule has 0 spiro atoms. The van der Waals surface area contributed by atoms with Crippen molar-refractivity contribution < 1.29 is 23.8 Å². The van der Waals surface area contributed by atoms with E-state index < -0.39 is 5.97 Å². The largest absolute Gasteiger partial charge is 0.490 e. The molecule has 5 nitrogen and oxygen atoms in total. The molecule has 0 fully saturated rings. The third-order valence-corrected chi connectivity index (χ3v) is 2.96. The van der Waals surface area contributed by atoms with Crippen LogP contribution in [0.1, 0.15) is 17.3 Å². The summed E-state index contributed by atoms with van der Waals surface area (Å²) in [6, 6.07) is 15.9. The Bertz CT molecular complexity index is 651. The van der Waals surface area contributed by atoms with Crippen LogP contribution in [-0.2, 0) is 9.53 Å². The molecule has 23 heavy (non-hydrogen) atoms. The number of para-hydroxylation sites is 1. The van der Waals surface area contributed by atoms with Crippen LogP contribution in [0.25, 0.3) is 0 Å². The average Bonchev–Trinajstić information content (AvgIpc) is 2.58. The molecular formula is C18H18O5. The van der Waals surface area contributed by atoms with Crippen molar-refractivity contribution in [3.05, 3.63) is 60.2 Å². The van der Waals surface area contributed by atoms with Crippen LogP contribution in [-0.4, -0.2) is 31.6 Å². The number of rotatable bonds is 8. The standard InChI is InChI=1S/C18H18O5/c1-14(19)15-6-5-9-17(12-15)23-13-18(20)22-11-10-21-16-7-3-2-4-8-16/h2-9,12H,10-11,13H2,1H3. The lowest BCUT2D eigenvalue weighted by Crippen LogP contribution is -2.18.